The maximum Gasteiger partial charge on any atom is 0.338 e. The summed E-state index contributed by atoms with van der Waals surface area (Å²) in [6.07, 6.45) is 0. The molecule has 0 aliphatic heterocycles. The van der Waals surface area contributed by atoms with Crippen LogP contribution in [0.4, 0.5) is 5.69 Å². The SMILES string of the molecule is COC(=O)c1cc(C(=O)NCCSCc2cccs2)cc([N+](=O)[O-])c1. The minimum Gasteiger partial charge on any atom is -0.465 e. The van der Waals surface area contributed by atoms with Crippen molar-refractivity contribution in [1.82, 2.24) is 5.32 Å². The molecule has 0 unspecified atom stereocenters. The Morgan fingerprint density at radius 1 is 1.32 bits per heavy atom. The van der Waals surface area contributed by atoms with Crippen LogP contribution >= 0.6 is 23.1 Å². The molecular weight excluding hydrogens is 364 g/mol. The smallest absolute Gasteiger partial charge is 0.338 e. The number of nitro benzene ring substituents is 1. The lowest BCUT2D eigenvalue weighted by Gasteiger charge is -2.07. The highest BCUT2D eigenvalue weighted by Crippen LogP contribution is 2.19. The Kier molecular flexibility index (Phi) is 6.96. The number of nitrogens with zero attached hydrogens (tertiary/aromatic N) is 1. The predicted octanol–water partition coefficient (Wildman–Crippen LogP) is 3.11. The number of methoxy groups -OCH3 is 1. The van der Waals surface area contributed by atoms with Crippen molar-refractivity contribution >= 4 is 40.7 Å². The number of benzene rings is 1. The summed E-state index contributed by atoms with van der Waals surface area (Å²) in [5.41, 5.74) is -0.313. The Balaban J connectivity index is 1.94. The van der Waals surface area contributed by atoms with Crippen LogP contribution in [0, 0.1) is 10.1 Å². The maximum absolute atomic E-state index is 12.2. The minimum absolute atomic E-state index is 0.0334. The topological polar surface area (TPSA) is 98.5 Å². The summed E-state index contributed by atoms with van der Waals surface area (Å²) in [6.45, 7) is 0.422. The number of non-ortho nitro benzene ring substituents is 1. The Morgan fingerprint density at radius 2 is 2.08 bits per heavy atom. The molecule has 2 aromatic rings. The van der Waals surface area contributed by atoms with Crippen LogP contribution in [-0.4, -0.2) is 36.2 Å². The first-order valence-electron chi connectivity index (χ1n) is 7.27. The number of carbonyl (C=O) groups is 2. The van der Waals surface area contributed by atoms with E-state index in [1.165, 1.54) is 18.1 Å². The predicted molar refractivity (Wildman–Crippen MR) is 97.3 cm³/mol. The van der Waals surface area contributed by atoms with Crippen molar-refractivity contribution in [2.24, 2.45) is 0 Å². The molecule has 2 rings (SSSR count). The normalized spacial score (nSPS) is 10.3. The van der Waals surface area contributed by atoms with Crippen molar-refractivity contribution in [3.63, 3.8) is 0 Å². The number of thioether (sulfide) groups is 1. The van der Waals surface area contributed by atoms with Crippen molar-refractivity contribution in [2.75, 3.05) is 19.4 Å². The fourth-order valence-corrected chi connectivity index (χ4v) is 3.69. The van der Waals surface area contributed by atoms with E-state index in [0.29, 0.717) is 12.3 Å². The first-order chi connectivity index (χ1) is 12.0. The van der Waals surface area contributed by atoms with E-state index in [2.05, 4.69) is 10.1 Å². The van der Waals surface area contributed by atoms with Gasteiger partial charge in [0.1, 0.15) is 0 Å². The fraction of sp³-hybridized carbons (Fsp3) is 0.250. The van der Waals surface area contributed by atoms with Crippen molar-refractivity contribution in [2.45, 2.75) is 5.75 Å². The Hall–Kier alpha value is -2.39. The second kappa shape index (κ2) is 9.19. The number of nitrogens with one attached hydrogen (secondary N) is 1. The molecule has 0 saturated carbocycles. The average molecular weight is 380 g/mol. The third-order valence-corrected chi connectivity index (χ3v) is 5.24. The number of ether oxygens (including phenoxy) is 1. The lowest BCUT2D eigenvalue weighted by atomic mass is 10.1. The summed E-state index contributed by atoms with van der Waals surface area (Å²) in [5.74, 6) is 0.383. The second-order valence-electron chi connectivity index (χ2n) is 4.91. The van der Waals surface area contributed by atoms with Crippen LogP contribution in [0.3, 0.4) is 0 Å². The monoisotopic (exact) mass is 380 g/mol. The number of thiophene rings is 1. The molecule has 0 aliphatic rings. The first-order valence-corrected chi connectivity index (χ1v) is 9.31. The quantitative estimate of drug-likeness (QED) is 0.327. The van der Waals surface area contributed by atoms with Crippen LogP contribution in [0.2, 0.25) is 0 Å². The van der Waals surface area contributed by atoms with E-state index in [1.807, 2.05) is 17.5 Å². The molecule has 1 aromatic carbocycles. The molecule has 0 radical (unpaired) electrons. The van der Waals surface area contributed by atoms with Gasteiger partial charge in [-0.2, -0.15) is 11.8 Å². The summed E-state index contributed by atoms with van der Waals surface area (Å²) in [4.78, 5) is 35.4. The number of hydrogen-bond donors (Lipinski definition) is 1. The van der Waals surface area contributed by atoms with Crippen LogP contribution < -0.4 is 5.32 Å². The van der Waals surface area contributed by atoms with Gasteiger partial charge in [-0.1, -0.05) is 6.07 Å². The average Bonchev–Trinajstić information content (AvgIpc) is 3.13. The van der Waals surface area contributed by atoms with Crippen molar-refractivity contribution in [3.8, 4) is 0 Å². The van der Waals surface area contributed by atoms with Gasteiger partial charge in [-0.05, 0) is 17.5 Å². The van der Waals surface area contributed by atoms with Crippen molar-refractivity contribution in [1.29, 1.82) is 0 Å². The van der Waals surface area contributed by atoms with E-state index < -0.39 is 16.8 Å². The van der Waals surface area contributed by atoms with E-state index in [4.69, 9.17) is 0 Å². The highest BCUT2D eigenvalue weighted by molar-refractivity contribution is 7.98. The van der Waals surface area contributed by atoms with Crippen LogP contribution in [0.5, 0.6) is 0 Å². The molecule has 1 amide bonds. The summed E-state index contributed by atoms with van der Waals surface area (Å²) < 4.78 is 4.56. The number of amides is 1. The van der Waals surface area contributed by atoms with E-state index in [9.17, 15) is 19.7 Å². The zero-order valence-electron chi connectivity index (χ0n) is 13.4. The van der Waals surface area contributed by atoms with E-state index in [-0.39, 0.29) is 16.8 Å². The highest BCUT2D eigenvalue weighted by Gasteiger charge is 2.18. The van der Waals surface area contributed by atoms with E-state index in [0.717, 1.165) is 17.9 Å². The molecule has 0 aliphatic carbocycles. The molecule has 0 spiro atoms. The number of nitro groups is 1. The van der Waals surface area contributed by atoms with Gasteiger partial charge >= 0.3 is 5.97 Å². The largest absolute Gasteiger partial charge is 0.465 e. The van der Waals surface area contributed by atoms with Crippen LogP contribution in [0.25, 0.3) is 0 Å². The third-order valence-electron chi connectivity index (χ3n) is 3.17. The summed E-state index contributed by atoms with van der Waals surface area (Å²) in [7, 11) is 1.17. The zero-order chi connectivity index (χ0) is 18.2. The van der Waals surface area contributed by atoms with Gasteiger partial charge in [0.2, 0.25) is 0 Å². The molecule has 1 heterocycles. The van der Waals surface area contributed by atoms with Gasteiger partial charge in [-0.15, -0.1) is 11.3 Å². The summed E-state index contributed by atoms with van der Waals surface area (Å²) >= 11 is 3.36. The molecule has 25 heavy (non-hydrogen) atoms. The minimum atomic E-state index is -0.732. The second-order valence-corrected chi connectivity index (χ2v) is 7.04. The molecule has 0 fully saturated rings. The van der Waals surface area contributed by atoms with Gasteiger partial charge < -0.3 is 10.1 Å². The highest BCUT2D eigenvalue weighted by atomic mass is 32.2. The molecule has 0 saturated heterocycles. The fourth-order valence-electron chi connectivity index (χ4n) is 1.99. The third kappa shape index (κ3) is 5.57. The number of rotatable bonds is 8. The molecule has 0 atom stereocenters. The Bertz CT molecular complexity index is 762. The van der Waals surface area contributed by atoms with Gasteiger partial charge in [0, 0.05) is 40.6 Å². The Labute approximate surface area is 152 Å². The van der Waals surface area contributed by atoms with E-state index >= 15 is 0 Å². The summed E-state index contributed by atoms with van der Waals surface area (Å²) in [6, 6.07) is 7.55. The number of carbonyl (C=O) groups excluding carboxylic acids is 2. The molecule has 0 bridgehead atoms. The molecule has 1 aromatic heterocycles. The van der Waals surface area contributed by atoms with Gasteiger partial charge in [0.15, 0.2) is 0 Å². The lowest BCUT2D eigenvalue weighted by Crippen LogP contribution is -2.26. The van der Waals surface area contributed by atoms with Crippen molar-refractivity contribution in [3.05, 3.63) is 61.8 Å². The summed E-state index contributed by atoms with van der Waals surface area (Å²) in [5, 5.41) is 15.7. The lowest BCUT2D eigenvalue weighted by molar-refractivity contribution is -0.384. The molecular formula is C16H16N2O5S2. The van der Waals surface area contributed by atoms with Gasteiger partial charge in [-0.3, -0.25) is 14.9 Å². The van der Waals surface area contributed by atoms with E-state index in [1.54, 1.807) is 23.1 Å². The van der Waals surface area contributed by atoms with Crippen LogP contribution in [-0.2, 0) is 10.5 Å². The standard InChI is InChI=1S/C16H16N2O5S2/c1-23-16(20)12-7-11(8-13(9-12)18(21)22)15(19)17-4-6-24-10-14-3-2-5-25-14/h2-3,5,7-9H,4,6,10H2,1H3,(H,17,19). The molecule has 9 heteroatoms. The first kappa shape index (κ1) is 18.9. The maximum atomic E-state index is 12.2. The van der Waals surface area contributed by atoms with Gasteiger partial charge in [0.25, 0.3) is 11.6 Å². The molecule has 7 nitrogen and oxygen atoms in total. The molecule has 1 N–H and O–H groups in total. The van der Waals surface area contributed by atoms with Gasteiger partial charge in [0.05, 0.1) is 17.6 Å². The van der Waals surface area contributed by atoms with Crippen LogP contribution in [0.1, 0.15) is 25.6 Å². The van der Waals surface area contributed by atoms with Crippen LogP contribution in [0.15, 0.2) is 35.7 Å². The molecule has 132 valence electrons. The van der Waals surface area contributed by atoms with Crippen molar-refractivity contribution < 1.29 is 19.2 Å². The van der Waals surface area contributed by atoms with Gasteiger partial charge in [-0.25, -0.2) is 4.79 Å². The number of esters is 1. The Morgan fingerprint density at radius 3 is 2.72 bits per heavy atom. The zero-order valence-corrected chi connectivity index (χ0v) is 15.0. The number of hydrogen-bond acceptors (Lipinski definition) is 7.